The molecule has 0 radical (unpaired) electrons. The van der Waals surface area contributed by atoms with Gasteiger partial charge in [0.15, 0.2) is 0 Å². The molecule has 130 valence electrons. The summed E-state index contributed by atoms with van der Waals surface area (Å²) in [6, 6.07) is 16.1. The summed E-state index contributed by atoms with van der Waals surface area (Å²) in [6.07, 6.45) is 1.19. The molecule has 0 unspecified atom stereocenters. The number of sulfonamides is 1. The number of para-hydroxylation sites is 1. The topological polar surface area (TPSA) is 79.0 Å². The highest BCUT2D eigenvalue weighted by Crippen LogP contribution is 2.12. The molecular formula is C19H20N2O3S. The number of aromatic nitrogens is 1. The number of benzene rings is 2. The van der Waals surface area contributed by atoms with Crippen molar-refractivity contribution >= 4 is 20.9 Å². The third-order valence-corrected chi connectivity index (χ3v) is 5.64. The van der Waals surface area contributed by atoms with E-state index in [1.165, 1.54) is 0 Å². The van der Waals surface area contributed by atoms with Crippen LogP contribution < -0.4 is 10.3 Å². The minimum absolute atomic E-state index is 0.166. The fourth-order valence-corrected chi connectivity index (χ4v) is 3.72. The van der Waals surface area contributed by atoms with Crippen molar-refractivity contribution in [1.29, 1.82) is 0 Å². The number of pyridine rings is 1. The standard InChI is InChI=1S/C19H20N2O3S/c1-2-14-7-9-17(10-8-14)25(23,24)20-12-11-16-13-15-5-3-4-6-18(15)21-19(16)22/h3-10,13,20H,2,11-12H2,1H3,(H,21,22). The van der Waals surface area contributed by atoms with Crippen molar-refractivity contribution in [2.75, 3.05) is 6.54 Å². The van der Waals surface area contributed by atoms with E-state index in [-0.39, 0.29) is 17.0 Å². The van der Waals surface area contributed by atoms with Crippen LogP contribution in [0.25, 0.3) is 10.9 Å². The van der Waals surface area contributed by atoms with Crippen molar-refractivity contribution in [2.45, 2.75) is 24.7 Å². The van der Waals surface area contributed by atoms with E-state index in [1.807, 2.05) is 43.3 Å². The van der Waals surface area contributed by atoms with Crippen LogP contribution in [0.3, 0.4) is 0 Å². The fourth-order valence-electron chi connectivity index (χ4n) is 2.69. The van der Waals surface area contributed by atoms with E-state index in [1.54, 1.807) is 18.2 Å². The van der Waals surface area contributed by atoms with Gasteiger partial charge in [0.05, 0.1) is 4.90 Å². The maximum Gasteiger partial charge on any atom is 0.251 e. The van der Waals surface area contributed by atoms with Crippen LogP contribution in [0.5, 0.6) is 0 Å². The molecule has 0 fully saturated rings. The first-order valence-electron chi connectivity index (χ1n) is 8.19. The second-order valence-corrected chi connectivity index (χ2v) is 7.62. The van der Waals surface area contributed by atoms with Crippen molar-refractivity contribution in [1.82, 2.24) is 9.71 Å². The van der Waals surface area contributed by atoms with Gasteiger partial charge < -0.3 is 4.98 Å². The Bertz CT molecular complexity index is 1040. The smallest absolute Gasteiger partial charge is 0.251 e. The third kappa shape index (κ3) is 3.97. The Kier molecular flexibility index (Phi) is 5.01. The van der Waals surface area contributed by atoms with E-state index >= 15 is 0 Å². The van der Waals surface area contributed by atoms with E-state index in [9.17, 15) is 13.2 Å². The Morgan fingerprint density at radius 3 is 2.48 bits per heavy atom. The zero-order valence-corrected chi connectivity index (χ0v) is 14.8. The highest BCUT2D eigenvalue weighted by Gasteiger charge is 2.13. The minimum Gasteiger partial charge on any atom is -0.322 e. The number of fused-ring (bicyclic) bond motifs is 1. The zero-order chi connectivity index (χ0) is 17.9. The van der Waals surface area contributed by atoms with Gasteiger partial charge in [-0.3, -0.25) is 4.79 Å². The van der Waals surface area contributed by atoms with Gasteiger partial charge in [-0.1, -0.05) is 37.3 Å². The van der Waals surface area contributed by atoms with E-state index in [2.05, 4.69) is 9.71 Å². The molecule has 3 aromatic rings. The molecule has 0 aliphatic heterocycles. The summed E-state index contributed by atoms with van der Waals surface area (Å²) >= 11 is 0. The Morgan fingerprint density at radius 1 is 1.04 bits per heavy atom. The summed E-state index contributed by atoms with van der Waals surface area (Å²) < 4.78 is 27.2. The number of H-pyrrole nitrogens is 1. The lowest BCUT2D eigenvalue weighted by atomic mass is 10.1. The summed E-state index contributed by atoms with van der Waals surface area (Å²) in [6.45, 7) is 2.18. The Balaban J connectivity index is 1.71. The Hall–Kier alpha value is -2.44. The lowest BCUT2D eigenvalue weighted by Crippen LogP contribution is -2.27. The quantitative estimate of drug-likeness (QED) is 0.712. The van der Waals surface area contributed by atoms with E-state index in [0.29, 0.717) is 12.0 Å². The molecule has 0 saturated heterocycles. The van der Waals surface area contributed by atoms with Crippen LogP contribution in [0.1, 0.15) is 18.1 Å². The number of aryl methyl sites for hydroxylation is 1. The molecule has 3 rings (SSSR count). The molecule has 2 N–H and O–H groups in total. The Labute approximate surface area is 146 Å². The highest BCUT2D eigenvalue weighted by atomic mass is 32.2. The van der Waals surface area contributed by atoms with Crippen molar-refractivity contribution in [3.05, 3.63) is 76.1 Å². The molecular weight excluding hydrogens is 336 g/mol. The molecule has 0 atom stereocenters. The highest BCUT2D eigenvalue weighted by molar-refractivity contribution is 7.89. The molecule has 0 bridgehead atoms. The van der Waals surface area contributed by atoms with Crippen molar-refractivity contribution in [2.24, 2.45) is 0 Å². The molecule has 0 aliphatic carbocycles. The van der Waals surface area contributed by atoms with E-state index < -0.39 is 10.0 Å². The summed E-state index contributed by atoms with van der Waals surface area (Å²) in [4.78, 5) is 15.1. The average molecular weight is 356 g/mol. The van der Waals surface area contributed by atoms with Gasteiger partial charge in [0.25, 0.3) is 5.56 Å². The van der Waals surface area contributed by atoms with E-state index in [4.69, 9.17) is 0 Å². The van der Waals surface area contributed by atoms with Crippen LogP contribution in [-0.2, 0) is 22.9 Å². The lowest BCUT2D eigenvalue weighted by Gasteiger charge is -2.08. The van der Waals surface area contributed by atoms with Gasteiger partial charge >= 0.3 is 0 Å². The molecule has 5 nitrogen and oxygen atoms in total. The molecule has 25 heavy (non-hydrogen) atoms. The van der Waals surface area contributed by atoms with Crippen LogP contribution in [0, 0.1) is 0 Å². The molecule has 6 heteroatoms. The van der Waals surface area contributed by atoms with Crippen LogP contribution in [0.2, 0.25) is 0 Å². The maximum atomic E-state index is 12.3. The maximum absolute atomic E-state index is 12.3. The summed E-state index contributed by atoms with van der Waals surface area (Å²) in [5.74, 6) is 0. The normalized spacial score (nSPS) is 11.7. The molecule has 0 amide bonds. The molecule has 1 heterocycles. The SMILES string of the molecule is CCc1ccc(S(=O)(=O)NCCc2cc3ccccc3[nH]c2=O)cc1. The molecule has 2 aromatic carbocycles. The number of nitrogens with one attached hydrogen (secondary N) is 2. The van der Waals surface area contributed by atoms with Gasteiger partial charge in [0, 0.05) is 17.6 Å². The first-order valence-corrected chi connectivity index (χ1v) is 9.67. The summed E-state index contributed by atoms with van der Waals surface area (Å²) in [5.41, 5.74) is 2.22. The molecule has 1 aromatic heterocycles. The molecule has 0 spiro atoms. The Morgan fingerprint density at radius 2 is 1.76 bits per heavy atom. The van der Waals surface area contributed by atoms with Crippen LogP contribution in [-0.4, -0.2) is 19.9 Å². The third-order valence-electron chi connectivity index (χ3n) is 4.16. The summed E-state index contributed by atoms with van der Waals surface area (Å²) in [7, 11) is -3.57. The fraction of sp³-hybridized carbons (Fsp3) is 0.211. The first kappa shape index (κ1) is 17.4. The minimum atomic E-state index is -3.57. The van der Waals surface area contributed by atoms with Crippen molar-refractivity contribution in [3.8, 4) is 0 Å². The van der Waals surface area contributed by atoms with E-state index in [0.717, 1.165) is 22.9 Å². The largest absolute Gasteiger partial charge is 0.322 e. The zero-order valence-electron chi connectivity index (χ0n) is 14.0. The number of aromatic amines is 1. The molecule has 0 aliphatic rings. The van der Waals surface area contributed by atoms with Crippen molar-refractivity contribution < 1.29 is 8.42 Å². The van der Waals surface area contributed by atoms with Crippen LogP contribution >= 0.6 is 0 Å². The van der Waals surface area contributed by atoms with Gasteiger partial charge in [-0.15, -0.1) is 0 Å². The first-order chi connectivity index (χ1) is 12.0. The van der Waals surface area contributed by atoms with Crippen molar-refractivity contribution in [3.63, 3.8) is 0 Å². The second-order valence-electron chi connectivity index (χ2n) is 5.86. The number of rotatable bonds is 6. The predicted molar refractivity (Wildman–Crippen MR) is 99.3 cm³/mol. The number of hydrogen-bond donors (Lipinski definition) is 2. The van der Waals surface area contributed by atoms with Gasteiger partial charge in [0.1, 0.15) is 0 Å². The predicted octanol–water partition coefficient (Wildman–Crippen LogP) is 2.61. The van der Waals surface area contributed by atoms with Crippen LogP contribution in [0.15, 0.2) is 64.3 Å². The second kappa shape index (κ2) is 7.21. The van der Waals surface area contributed by atoms with Gasteiger partial charge in [-0.05, 0) is 48.1 Å². The van der Waals surface area contributed by atoms with Gasteiger partial charge in [0.2, 0.25) is 10.0 Å². The van der Waals surface area contributed by atoms with Crippen LogP contribution in [0.4, 0.5) is 0 Å². The average Bonchev–Trinajstić information content (AvgIpc) is 2.62. The summed E-state index contributed by atoms with van der Waals surface area (Å²) in [5, 5.41) is 0.926. The molecule has 0 saturated carbocycles. The number of hydrogen-bond acceptors (Lipinski definition) is 3. The van der Waals surface area contributed by atoms with Gasteiger partial charge in [-0.2, -0.15) is 0 Å². The monoisotopic (exact) mass is 356 g/mol. The lowest BCUT2D eigenvalue weighted by molar-refractivity contribution is 0.581. The van der Waals surface area contributed by atoms with Gasteiger partial charge in [-0.25, -0.2) is 13.1 Å².